The lowest BCUT2D eigenvalue weighted by atomic mass is 10.1. The highest BCUT2D eigenvalue weighted by Crippen LogP contribution is 2.23. The SMILES string of the molecule is CC(=O)Nc1cn2cc(-c3cncc(S(=O)(=O)N(C)C)c3)ccc2n1. The zero-order chi connectivity index (χ0) is 18.2. The number of hydrogen-bond donors (Lipinski definition) is 1. The van der Waals surface area contributed by atoms with E-state index in [1.807, 2.05) is 6.07 Å². The van der Waals surface area contributed by atoms with Gasteiger partial charge in [-0.2, -0.15) is 0 Å². The number of nitrogens with one attached hydrogen (secondary N) is 1. The first-order valence-corrected chi connectivity index (χ1v) is 8.85. The molecular formula is C16H17N5O3S. The zero-order valence-electron chi connectivity index (χ0n) is 14.0. The average molecular weight is 359 g/mol. The van der Waals surface area contributed by atoms with Gasteiger partial charge in [-0.25, -0.2) is 17.7 Å². The highest BCUT2D eigenvalue weighted by molar-refractivity contribution is 7.89. The van der Waals surface area contributed by atoms with Crippen LogP contribution in [0.5, 0.6) is 0 Å². The molecule has 0 aliphatic carbocycles. The number of aromatic nitrogens is 3. The Bertz CT molecular complexity index is 1060. The van der Waals surface area contributed by atoms with Gasteiger partial charge in [-0.1, -0.05) is 0 Å². The maximum atomic E-state index is 12.3. The lowest BCUT2D eigenvalue weighted by molar-refractivity contribution is -0.114. The van der Waals surface area contributed by atoms with Crippen LogP contribution in [0.15, 0.2) is 47.9 Å². The van der Waals surface area contributed by atoms with E-state index in [1.54, 1.807) is 35.1 Å². The molecule has 1 N–H and O–H groups in total. The first kappa shape index (κ1) is 17.1. The van der Waals surface area contributed by atoms with Crippen molar-refractivity contribution in [3.63, 3.8) is 0 Å². The molecule has 9 heteroatoms. The summed E-state index contributed by atoms with van der Waals surface area (Å²) < 4.78 is 27.4. The summed E-state index contributed by atoms with van der Waals surface area (Å²) in [6.45, 7) is 1.41. The predicted molar refractivity (Wildman–Crippen MR) is 93.6 cm³/mol. The predicted octanol–water partition coefficient (Wildman–Crippen LogP) is 1.60. The van der Waals surface area contributed by atoms with Crippen LogP contribution >= 0.6 is 0 Å². The zero-order valence-corrected chi connectivity index (χ0v) is 14.8. The molecule has 3 heterocycles. The third-order valence-electron chi connectivity index (χ3n) is 3.58. The summed E-state index contributed by atoms with van der Waals surface area (Å²) in [7, 11) is -0.604. The molecule has 0 unspecified atom stereocenters. The minimum Gasteiger partial charge on any atom is -0.310 e. The topological polar surface area (TPSA) is 96.7 Å². The van der Waals surface area contributed by atoms with Crippen molar-refractivity contribution in [2.45, 2.75) is 11.8 Å². The van der Waals surface area contributed by atoms with Gasteiger partial charge in [0.2, 0.25) is 15.9 Å². The first-order valence-electron chi connectivity index (χ1n) is 7.41. The first-order chi connectivity index (χ1) is 11.8. The van der Waals surface area contributed by atoms with Gasteiger partial charge in [-0.3, -0.25) is 9.78 Å². The molecular weight excluding hydrogens is 342 g/mol. The molecule has 0 saturated heterocycles. The number of nitrogens with zero attached hydrogens (tertiary/aromatic N) is 4. The van der Waals surface area contributed by atoms with Crippen molar-refractivity contribution in [2.75, 3.05) is 19.4 Å². The molecule has 0 aromatic carbocycles. The van der Waals surface area contributed by atoms with Crippen LogP contribution in [0, 0.1) is 0 Å². The largest absolute Gasteiger partial charge is 0.310 e. The third kappa shape index (κ3) is 3.37. The molecule has 0 atom stereocenters. The van der Waals surface area contributed by atoms with Gasteiger partial charge in [-0.15, -0.1) is 0 Å². The molecule has 0 spiro atoms. The quantitative estimate of drug-likeness (QED) is 0.763. The van der Waals surface area contributed by atoms with E-state index in [4.69, 9.17) is 0 Å². The van der Waals surface area contributed by atoms with E-state index in [0.29, 0.717) is 17.0 Å². The lowest BCUT2D eigenvalue weighted by Gasteiger charge is -2.12. The van der Waals surface area contributed by atoms with E-state index >= 15 is 0 Å². The maximum Gasteiger partial charge on any atom is 0.244 e. The lowest BCUT2D eigenvalue weighted by Crippen LogP contribution is -2.22. The molecule has 130 valence electrons. The van der Waals surface area contributed by atoms with Gasteiger partial charge in [0.25, 0.3) is 0 Å². The number of imidazole rings is 1. The second kappa shape index (κ2) is 6.26. The summed E-state index contributed by atoms with van der Waals surface area (Å²) in [5.74, 6) is 0.251. The van der Waals surface area contributed by atoms with Gasteiger partial charge in [0.05, 0.1) is 6.20 Å². The summed E-state index contributed by atoms with van der Waals surface area (Å²) in [5.41, 5.74) is 2.11. The summed E-state index contributed by atoms with van der Waals surface area (Å²) in [4.78, 5) is 19.6. The number of rotatable bonds is 4. The fraction of sp³-hybridized carbons (Fsp3) is 0.188. The molecule has 0 bridgehead atoms. The molecule has 0 aliphatic heterocycles. The molecule has 0 saturated carbocycles. The summed E-state index contributed by atoms with van der Waals surface area (Å²) in [5, 5.41) is 2.63. The Morgan fingerprint density at radius 2 is 1.92 bits per heavy atom. The molecule has 25 heavy (non-hydrogen) atoms. The van der Waals surface area contributed by atoms with Crippen LogP contribution < -0.4 is 5.32 Å². The van der Waals surface area contributed by atoms with Crippen molar-refractivity contribution in [3.05, 3.63) is 43.0 Å². The Labute approximate surface area is 145 Å². The van der Waals surface area contributed by atoms with Crippen LogP contribution in [-0.2, 0) is 14.8 Å². The normalized spacial score (nSPS) is 11.8. The molecule has 8 nitrogen and oxygen atoms in total. The number of sulfonamides is 1. The molecule has 3 rings (SSSR count). The molecule has 0 aliphatic rings. The van der Waals surface area contributed by atoms with E-state index in [1.165, 1.54) is 27.2 Å². The van der Waals surface area contributed by atoms with Gasteiger partial charge in [0, 0.05) is 50.7 Å². The van der Waals surface area contributed by atoms with Gasteiger partial charge in [0.1, 0.15) is 10.5 Å². The van der Waals surface area contributed by atoms with Gasteiger partial charge in [-0.05, 0) is 18.2 Å². The summed E-state index contributed by atoms with van der Waals surface area (Å²) in [6.07, 6.45) is 6.41. The second-order valence-electron chi connectivity index (χ2n) is 5.69. The Kier molecular flexibility index (Phi) is 4.27. The van der Waals surface area contributed by atoms with Crippen molar-refractivity contribution < 1.29 is 13.2 Å². The average Bonchev–Trinajstić information content (AvgIpc) is 2.95. The van der Waals surface area contributed by atoms with Gasteiger partial charge in [0.15, 0.2) is 5.82 Å². The van der Waals surface area contributed by atoms with Crippen LogP contribution in [0.1, 0.15) is 6.92 Å². The Morgan fingerprint density at radius 3 is 2.60 bits per heavy atom. The maximum absolute atomic E-state index is 12.3. The Morgan fingerprint density at radius 1 is 1.16 bits per heavy atom. The van der Waals surface area contributed by atoms with Gasteiger partial charge >= 0.3 is 0 Å². The van der Waals surface area contributed by atoms with Crippen molar-refractivity contribution in [1.29, 1.82) is 0 Å². The fourth-order valence-electron chi connectivity index (χ4n) is 2.33. The molecule has 3 aromatic heterocycles. The van der Waals surface area contributed by atoms with E-state index < -0.39 is 10.0 Å². The number of hydrogen-bond acceptors (Lipinski definition) is 5. The molecule has 1 amide bonds. The highest BCUT2D eigenvalue weighted by atomic mass is 32.2. The van der Waals surface area contributed by atoms with Crippen LogP contribution in [0.3, 0.4) is 0 Å². The van der Waals surface area contributed by atoms with E-state index in [-0.39, 0.29) is 10.8 Å². The Hall–Kier alpha value is -2.78. The number of anilines is 1. The van der Waals surface area contributed by atoms with Crippen LogP contribution in [0.4, 0.5) is 5.82 Å². The highest BCUT2D eigenvalue weighted by Gasteiger charge is 2.18. The number of amides is 1. The minimum absolute atomic E-state index is 0.125. The van der Waals surface area contributed by atoms with E-state index in [0.717, 1.165) is 9.87 Å². The molecule has 3 aromatic rings. The third-order valence-corrected chi connectivity index (χ3v) is 5.36. The van der Waals surface area contributed by atoms with Crippen LogP contribution in [-0.4, -0.2) is 47.1 Å². The van der Waals surface area contributed by atoms with Crippen molar-refractivity contribution in [2.24, 2.45) is 0 Å². The van der Waals surface area contributed by atoms with Crippen molar-refractivity contribution in [3.8, 4) is 11.1 Å². The fourth-order valence-corrected chi connectivity index (χ4v) is 3.22. The number of carbonyl (C=O) groups is 1. The number of carbonyl (C=O) groups excluding carboxylic acids is 1. The van der Waals surface area contributed by atoms with Gasteiger partial charge < -0.3 is 9.72 Å². The number of fused-ring (bicyclic) bond motifs is 1. The summed E-state index contributed by atoms with van der Waals surface area (Å²) >= 11 is 0. The van der Waals surface area contributed by atoms with Crippen molar-refractivity contribution in [1.82, 2.24) is 18.7 Å². The van der Waals surface area contributed by atoms with Crippen LogP contribution in [0.25, 0.3) is 16.8 Å². The molecule has 0 fully saturated rings. The van der Waals surface area contributed by atoms with E-state index in [2.05, 4.69) is 15.3 Å². The van der Waals surface area contributed by atoms with Crippen molar-refractivity contribution >= 4 is 27.4 Å². The minimum atomic E-state index is -3.56. The molecule has 0 radical (unpaired) electrons. The monoisotopic (exact) mass is 359 g/mol. The summed E-state index contributed by atoms with van der Waals surface area (Å²) in [6, 6.07) is 5.19. The standard InChI is InChI=1S/C16H17N5O3S/c1-11(22)18-15-10-21-9-12(4-5-16(21)19-15)13-6-14(8-17-7-13)25(23,24)20(2)3/h4-10H,1-3H3,(H,18,22). The number of pyridine rings is 2. The second-order valence-corrected chi connectivity index (χ2v) is 7.84. The Balaban J connectivity index is 2.03. The van der Waals surface area contributed by atoms with E-state index in [9.17, 15) is 13.2 Å². The van der Waals surface area contributed by atoms with Crippen LogP contribution in [0.2, 0.25) is 0 Å². The smallest absolute Gasteiger partial charge is 0.244 e.